The molecule has 5 nitrogen and oxygen atoms in total. The molecular weight excluding hydrogens is 338 g/mol. The number of carbonyl (C=O) groups is 1. The lowest BCUT2D eigenvalue weighted by Crippen LogP contribution is -2.36. The molecule has 0 aliphatic heterocycles. The minimum atomic E-state index is -1.28. The molecule has 4 rings (SSSR count). The number of hydrogen-bond donors (Lipinski definition) is 0. The van der Waals surface area contributed by atoms with Crippen molar-refractivity contribution in [2.45, 2.75) is 32.0 Å². The summed E-state index contributed by atoms with van der Waals surface area (Å²) in [5.41, 5.74) is 4.10. The third kappa shape index (κ3) is 2.82. The summed E-state index contributed by atoms with van der Waals surface area (Å²) in [4.78, 5) is 12.2. The zero-order valence-electron chi connectivity index (χ0n) is 15.4. The monoisotopic (exact) mass is 356 g/mol. The quantitative estimate of drug-likeness (QED) is 0.533. The van der Waals surface area contributed by atoms with E-state index in [0.717, 1.165) is 40.1 Å². The molecule has 0 unspecified atom stereocenters. The Morgan fingerprint density at radius 1 is 1.30 bits per heavy atom. The summed E-state index contributed by atoms with van der Waals surface area (Å²) < 4.78 is 12.5. The van der Waals surface area contributed by atoms with Gasteiger partial charge in [0.1, 0.15) is 5.76 Å². The van der Waals surface area contributed by atoms with E-state index in [2.05, 4.69) is 5.10 Å². The van der Waals surface area contributed by atoms with Crippen LogP contribution in [-0.2, 0) is 22.9 Å². The maximum Gasteiger partial charge on any atom is 0.374 e. The minimum Gasteiger partial charge on any atom is -0.460 e. The second kappa shape index (κ2) is 6.48. The third-order valence-electron chi connectivity index (χ3n) is 4.94. The number of nitrogens with zero attached hydrogens (tertiary/aromatic N) is 2. The number of carbonyl (C=O) groups excluding carboxylic acids is 1. The van der Waals surface area contributed by atoms with E-state index in [-0.39, 0.29) is 5.76 Å². The molecule has 132 valence electrons. The van der Waals surface area contributed by atoms with Gasteiger partial charge in [-0.05, 0) is 31.4 Å². The van der Waals surface area contributed by atoms with Crippen LogP contribution in [0.1, 0.15) is 39.9 Å². The second-order valence-electron chi connectivity index (χ2n) is 6.71. The molecule has 1 aromatic carbocycles. The molecule has 0 saturated heterocycles. The first-order valence-electron chi connectivity index (χ1n) is 8.95. The van der Waals surface area contributed by atoms with Crippen molar-refractivity contribution < 1.29 is 13.9 Å². The van der Waals surface area contributed by atoms with E-state index in [9.17, 15) is 4.79 Å². The number of aryl methyl sites for hydroxylation is 2. The predicted molar refractivity (Wildman–Crippen MR) is 103 cm³/mol. The van der Waals surface area contributed by atoms with Crippen molar-refractivity contribution in [1.29, 1.82) is 0 Å². The van der Waals surface area contributed by atoms with Crippen LogP contribution in [0.5, 0.6) is 0 Å². The largest absolute Gasteiger partial charge is 0.460 e. The van der Waals surface area contributed by atoms with Crippen LogP contribution >= 0.6 is 0 Å². The first kappa shape index (κ1) is 17.7. The maximum atomic E-state index is 12.2. The number of esters is 1. The first-order chi connectivity index (χ1) is 12.9. The number of fused-ring (bicyclic) bond motifs is 3. The van der Waals surface area contributed by atoms with E-state index in [0.29, 0.717) is 13.0 Å². The topological polar surface area (TPSA) is 57.3 Å². The van der Waals surface area contributed by atoms with E-state index >= 15 is 0 Å². The Hall–Kier alpha value is -2.69. The minimum absolute atomic E-state index is 0.235. The van der Waals surface area contributed by atoms with Crippen molar-refractivity contribution in [3.8, 4) is 11.3 Å². The molecule has 7 heteroatoms. The molecule has 4 radical (unpaired) electrons. The van der Waals surface area contributed by atoms with E-state index < -0.39 is 11.3 Å². The van der Waals surface area contributed by atoms with Gasteiger partial charge in [0.25, 0.3) is 0 Å². The summed E-state index contributed by atoms with van der Waals surface area (Å²) in [6, 6.07) is 9.42. The molecule has 2 aromatic heterocycles. The fourth-order valence-corrected chi connectivity index (χ4v) is 3.53. The summed E-state index contributed by atoms with van der Waals surface area (Å²) in [6.07, 6.45) is 3.30. The van der Waals surface area contributed by atoms with Crippen LogP contribution in [0.25, 0.3) is 11.3 Å². The van der Waals surface area contributed by atoms with Gasteiger partial charge in [-0.25, -0.2) is 4.79 Å². The maximum absolute atomic E-state index is 12.2. The first-order valence-corrected chi connectivity index (χ1v) is 8.95. The Bertz CT molecular complexity index is 1010. The van der Waals surface area contributed by atoms with Crippen molar-refractivity contribution in [3.05, 3.63) is 64.7 Å². The molecule has 0 saturated carbocycles. The smallest absolute Gasteiger partial charge is 0.374 e. The Morgan fingerprint density at radius 3 is 2.74 bits per heavy atom. The molecule has 3 aromatic rings. The highest BCUT2D eigenvalue weighted by Crippen LogP contribution is 2.39. The number of ether oxygens (including phenoxy) is 1. The lowest BCUT2D eigenvalue weighted by atomic mass is 9.58. The van der Waals surface area contributed by atoms with Gasteiger partial charge >= 0.3 is 5.97 Å². The van der Waals surface area contributed by atoms with Crippen molar-refractivity contribution in [2.24, 2.45) is 0 Å². The predicted octanol–water partition coefficient (Wildman–Crippen LogP) is 2.72. The van der Waals surface area contributed by atoms with E-state index in [4.69, 9.17) is 24.8 Å². The summed E-state index contributed by atoms with van der Waals surface area (Å²) >= 11 is 0. The van der Waals surface area contributed by atoms with Gasteiger partial charge in [0.2, 0.25) is 5.76 Å². The number of rotatable bonds is 4. The van der Waals surface area contributed by atoms with Crippen LogP contribution in [-0.4, -0.2) is 38.0 Å². The van der Waals surface area contributed by atoms with Gasteiger partial charge in [0.05, 0.1) is 28.0 Å². The van der Waals surface area contributed by atoms with Crippen LogP contribution in [0.2, 0.25) is 0 Å². The summed E-state index contributed by atoms with van der Waals surface area (Å²) in [5, 5.41) is 3.40. The van der Waals surface area contributed by atoms with Gasteiger partial charge in [-0.1, -0.05) is 30.3 Å². The van der Waals surface area contributed by atoms with Crippen LogP contribution in [0.4, 0.5) is 0 Å². The van der Waals surface area contributed by atoms with E-state index in [1.54, 1.807) is 11.6 Å². The van der Waals surface area contributed by atoms with Crippen molar-refractivity contribution in [2.75, 3.05) is 6.61 Å². The highest BCUT2D eigenvalue weighted by atomic mass is 16.5. The number of aromatic nitrogens is 2. The van der Waals surface area contributed by atoms with Crippen LogP contribution in [0.3, 0.4) is 0 Å². The van der Waals surface area contributed by atoms with Crippen LogP contribution < -0.4 is 0 Å². The molecule has 0 fully saturated rings. The van der Waals surface area contributed by atoms with Crippen LogP contribution in [0.15, 0.2) is 40.9 Å². The molecule has 27 heavy (non-hydrogen) atoms. The van der Waals surface area contributed by atoms with Gasteiger partial charge in [-0.3, -0.25) is 4.68 Å². The lowest BCUT2D eigenvalue weighted by Gasteiger charge is -2.27. The average Bonchev–Trinajstić information content (AvgIpc) is 3.24. The van der Waals surface area contributed by atoms with Gasteiger partial charge in [0, 0.05) is 29.1 Å². The molecule has 0 bridgehead atoms. The van der Waals surface area contributed by atoms with Crippen molar-refractivity contribution in [1.82, 2.24) is 9.78 Å². The lowest BCUT2D eigenvalue weighted by molar-refractivity contribution is 0.0487. The molecule has 0 amide bonds. The molecule has 1 aliphatic carbocycles. The van der Waals surface area contributed by atoms with Crippen LogP contribution in [0, 0.1) is 6.92 Å². The van der Waals surface area contributed by atoms with Gasteiger partial charge in [0.15, 0.2) is 0 Å². The fraction of sp³-hybridized carbons (Fsp3) is 0.300. The molecule has 1 aliphatic rings. The van der Waals surface area contributed by atoms with E-state index in [1.807, 2.05) is 43.5 Å². The number of hydrogen-bond acceptors (Lipinski definition) is 4. The van der Waals surface area contributed by atoms with Gasteiger partial charge < -0.3 is 9.15 Å². The highest BCUT2D eigenvalue weighted by molar-refractivity contribution is 6.39. The van der Waals surface area contributed by atoms with Gasteiger partial charge in [-0.2, -0.15) is 5.10 Å². The third-order valence-corrected chi connectivity index (χ3v) is 4.94. The SMILES string of the molecule is [B]C([B])(c1ccccc1)n1cc2c(n1)-c1c(oc(C(=O)OCC)c1C)CC2. The molecule has 2 heterocycles. The summed E-state index contributed by atoms with van der Waals surface area (Å²) in [6.45, 7) is 3.91. The Kier molecular flexibility index (Phi) is 4.25. The normalized spacial score (nSPS) is 13.1. The summed E-state index contributed by atoms with van der Waals surface area (Å²) in [7, 11) is 12.8. The van der Waals surface area contributed by atoms with Crippen molar-refractivity contribution >= 4 is 21.7 Å². The number of benzene rings is 1. The number of furan rings is 1. The standard InChI is InChI=1S/C20H18B2N2O3/c1-3-26-19(25)18-12(2)16-15(27-18)10-9-13-11-24(23-17(13)16)20(21,22)14-7-5-4-6-8-14/h4-8,11H,3,9-10H2,1-2H3. The second-order valence-corrected chi connectivity index (χ2v) is 6.71. The Balaban J connectivity index is 1.79. The summed E-state index contributed by atoms with van der Waals surface area (Å²) in [5.74, 6) is 0.522. The zero-order valence-corrected chi connectivity index (χ0v) is 15.4. The van der Waals surface area contributed by atoms with Crippen molar-refractivity contribution in [3.63, 3.8) is 0 Å². The molecule has 0 spiro atoms. The molecule has 0 N–H and O–H groups in total. The molecular formula is C20H18B2N2O3. The Labute approximate surface area is 160 Å². The average molecular weight is 356 g/mol. The Morgan fingerprint density at radius 2 is 2.04 bits per heavy atom. The molecule has 0 atom stereocenters. The van der Waals surface area contributed by atoms with E-state index in [1.165, 1.54) is 0 Å². The fourth-order valence-electron chi connectivity index (χ4n) is 3.53. The highest BCUT2D eigenvalue weighted by Gasteiger charge is 2.32. The van der Waals surface area contributed by atoms with Gasteiger partial charge in [-0.15, -0.1) is 0 Å². The zero-order chi connectivity index (χ0) is 19.2.